The van der Waals surface area contributed by atoms with Crippen molar-refractivity contribution in [2.24, 2.45) is 34.4 Å². The first-order valence-electron chi connectivity index (χ1n) is 23.1. The van der Waals surface area contributed by atoms with Crippen LogP contribution in [0.2, 0.25) is 0 Å². The number of hydrogen-bond acceptors (Lipinski definition) is 25. The maximum Gasteiger partial charge on any atom is 0.255 e. The fourth-order valence-electron chi connectivity index (χ4n) is 8.88. The second-order valence-electron chi connectivity index (χ2n) is 18.1. The fourth-order valence-corrected chi connectivity index (χ4v) is 9.64. The minimum atomic E-state index is -1.68. The summed E-state index contributed by atoms with van der Waals surface area (Å²) in [6.07, 6.45) is -19.2. The summed E-state index contributed by atoms with van der Waals surface area (Å²) in [6.45, 7) is 0.746. The first kappa shape index (κ1) is 53.5. The third-order valence-electron chi connectivity index (χ3n) is 12.8. The molecule has 4 fully saturated rings. The second kappa shape index (κ2) is 23.2. The molecule has 2 aromatic carbocycles. The van der Waals surface area contributed by atoms with E-state index < -0.39 is 122 Å². The highest BCUT2D eigenvalue weighted by Gasteiger charge is 2.54. The zero-order chi connectivity index (χ0) is 51.5. The Balaban J connectivity index is 0.950. The molecule has 4 unspecified atom stereocenters. The van der Waals surface area contributed by atoms with Crippen LogP contribution in [-0.2, 0) is 46.4 Å². The molecule has 1 saturated carbocycles. The minimum absolute atomic E-state index is 0.0446. The molecule has 8 rings (SSSR count). The van der Waals surface area contributed by atoms with E-state index in [-0.39, 0.29) is 38.6 Å². The molecule has 0 spiro atoms. The van der Waals surface area contributed by atoms with Gasteiger partial charge in [0.2, 0.25) is 5.91 Å². The van der Waals surface area contributed by atoms with Crippen LogP contribution in [0.3, 0.4) is 0 Å². The van der Waals surface area contributed by atoms with Crippen molar-refractivity contribution in [1.82, 2.24) is 20.0 Å². The number of amides is 2. The number of nitrogens with one attached hydrogen (secondary N) is 2. The minimum Gasteiger partial charge on any atom is -0.487 e. The number of hydrogen-bond donors (Lipinski definition) is 14. The van der Waals surface area contributed by atoms with Crippen molar-refractivity contribution in [2.75, 3.05) is 23.7 Å². The van der Waals surface area contributed by atoms with Crippen molar-refractivity contribution < 1.29 is 73.4 Å². The Bertz CT molecular complexity index is 2460. The van der Waals surface area contributed by atoms with Gasteiger partial charge in [-0.05, 0) is 36.8 Å². The highest BCUT2D eigenvalue weighted by atomic mass is 32.1. The van der Waals surface area contributed by atoms with Gasteiger partial charge in [-0.3, -0.25) is 9.59 Å². The van der Waals surface area contributed by atoms with Gasteiger partial charge in [0.15, 0.2) is 24.0 Å². The molecule has 0 bridgehead atoms. The summed E-state index contributed by atoms with van der Waals surface area (Å²) in [5.41, 5.74) is 39.3. The summed E-state index contributed by atoms with van der Waals surface area (Å²) >= 11 is 1.28. The smallest absolute Gasteiger partial charge is 0.255 e. The number of benzene rings is 2. The highest BCUT2D eigenvalue weighted by molar-refractivity contribution is 7.14. The predicted octanol–water partition coefficient (Wildman–Crippen LogP) is -4.68. The molecule has 5 heterocycles. The number of nitrogens with zero attached hydrogens (tertiary/aromatic N) is 4. The number of carbonyl (C=O) groups excluding carboxylic acids is 2. The third-order valence-corrected chi connectivity index (χ3v) is 13.6. The first-order chi connectivity index (χ1) is 34.4. The summed E-state index contributed by atoms with van der Waals surface area (Å²) in [6, 6.07) is 9.16. The molecule has 19 atom stereocenters. The Kier molecular flexibility index (Phi) is 17.2. The lowest BCUT2D eigenvalue weighted by Gasteiger charge is -2.47. The molecular weight excluding hydrogens is 969 g/mol. The van der Waals surface area contributed by atoms with Crippen LogP contribution in [0.4, 0.5) is 10.8 Å². The molecule has 72 heavy (non-hydrogen) atoms. The van der Waals surface area contributed by atoms with Gasteiger partial charge < -0.3 is 109 Å². The Morgan fingerprint density at radius 2 is 1.39 bits per heavy atom. The van der Waals surface area contributed by atoms with Gasteiger partial charge in [0.05, 0.1) is 36.6 Å². The number of carbonyl (C=O) groups is 2. The van der Waals surface area contributed by atoms with Crippen LogP contribution in [0, 0.1) is 0 Å². The van der Waals surface area contributed by atoms with E-state index >= 15 is 0 Å². The molecular formula is C44H62N12O15S. The average molecular weight is 1030 g/mol. The van der Waals surface area contributed by atoms with Gasteiger partial charge in [-0.25, -0.2) is 9.67 Å². The van der Waals surface area contributed by atoms with Gasteiger partial charge in [0, 0.05) is 54.3 Å². The van der Waals surface area contributed by atoms with Crippen molar-refractivity contribution in [3.05, 3.63) is 71.4 Å². The number of nitrogens with two attached hydrogens (primary N) is 6. The number of anilines is 2. The van der Waals surface area contributed by atoms with E-state index in [1.807, 2.05) is 6.07 Å². The van der Waals surface area contributed by atoms with E-state index in [1.165, 1.54) is 22.9 Å². The Hall–Kier alpha value is -4.77. The molecule has 1 aliphatic carbocycles. The zero-order valence-electron chi connectivity index (χ0n) is 38.8. The Labute approximate surface area is 415 Å². The van der Waals surface area contributed by atoms with Gasteiger partial charge in [-0.15, -0.1) is 16.4 Å². The van der Waals surface area contributed by atoms with E-state index in [9.17, 15) is 40.2 Å². The molecule has 28 heteroatoms. The zero-order valence-corrected chi connectivity index (χ0v) is 39.6. The van der Waals surface area contributed by atoms with Crippen molar-refractivity contribution in [3.63, 3.8) is 0 Å². The molecule has 20 N–H and O–H groups in total. The van der Waals surface area contributed by atoms with Crippen molar-refractivity contribution in [1.29, 1.82) is 0 Å². The van der Waals surface area contributed by atoms with Gasteiger partial charge in [-0.1, -0.05) is 23.4 Å². The topological polar surface area (TPSA) is 444 Å². The van der Waals surface area contributed by atoms with Crippen LogP contribution in [0.15, 0.2) is 60.1 Å². The SMILES string of the molecule is CC(=O)Nc1nc(-c2cccc(NC(=O)c3cccc(OCc4cn(CC5OC(O[C@@H]6[C@@H](O)[C@H](N)C[C@H](N)[C@H]6O[C@H]6O[C@H](CN)[C@@H](O)[C@H](O)[C@H]6N)C(O)C5O[C@H]5O[C@H](CN)[C@@H](O)[C@H](O)[C@H]5N)nn4)c3)c2)cs1. The monoisotopic (exact) mass is 1030 g/mol. The molecule has 3 aliphatic heterocycles. The number of rotatable bonds is 17. The molecule has 3 saturated heterocycles. The van der Waals surface area contributed by atoms with E-state index in [4.69, 9.17) is 67.6 Å². The van der Waals surface area contributed by atoms with Crippen LogP contribution >= 0.6 is 11.3 Å². The number of aliphatic hydroxyl groups excluding tert-OH is 6. The third kappa shape index (κ3) is 11.9. The predicted molar refractivity (Wildman–Crippen MR) is 252 cm³/mol. The second-order valence-corrected chi connectivity index (χ2v) is 18.9. The lowest BCUT2D eigenvalue weighted by Crippen LogP contribution is -2.68. The summed E-state index contributed by atoms with van der Waals surface area (Å²) in [5, 5.41) is 81.9. The van der Waals surface area contributed by atoms with Crippen LogP contribution in [0.25, 0.3) is 11.3 Å². The standard InChI is InChI=1S/C44H62N12O15S/c1-17(57)51-44-53-25(16-72-44)18-4-2-6-20(8-18)52-40(64)19-5-3-7-22(9-19)65-15-21-13-56(55-54-21)14-28-38(70-42-30(50)35(62)33(60)27(12-46)67-42)36(63)43(68-28)71-39-31(58)23(47)10-24(48)37(39)69-41-29(49)34(61)32(59)26(11-45)66-41/h2-9,13,16,23-24,26-39,41-43,58-63H,10-12,14-15,45-50H2,1H3,(H,52,64)(H,51,53,57)/t23-,24+,26-,27-,28?,29-,30-,31+,32-,33-,34-,35-,36?,37-,38?,39-,41-,42-,43?/m1/s1. The van der Waals surface area contributed by atoms with Crippen molar-refractivity contribution >= 4 is 34.0 Å². The lowest BCUT2D eigenvalue weighted by molar-refractivity contribution is -0.306. The molecule has 0 radical (unpaired) electrons. The Morgan fingerprint density at radius 3 is 2.06 bits per heavy atom. The van der Waals surface area contributed by atoms with Crippen molar-refractivity contribution in [2.45, 2.75) is 143 Å². The quantitative estimate of drug-likeness (QED) is 0.0473. The van der Waals surface area contributed by atoms with Crippen LogP contribution in [0.5, 0.6) is 5.75 Å². The first-order valence-corrected chi connectivity index (χ1v) is 24.0. The maximum atomic E-state index is 13.4. The van der Waals surface area contributed by atoms with E-state index in [2.05, 4.69) is 25.9 Å². The fraction of sp³-hybridized carbons (Fsp3) is 0.568. The van der Waals surface area contributed by atoms with Gasteiger partial charge in [-0.2, -0.15) is 0 Å². The summed E-state index contributed by atoms with van der Waals surface area (Å²) < 4.78 is 43.9. The molecule has 4 aromatic rings. The normalized spacial score (nSPS) is 36.0. The lowest BCUT2D eigenvalue weighted by atomic mass is 9.84. The number of thiazole rings is 1. The summed E-state index contributed by atoms with van der Waals surface area (Å²) in [4.78, 5) is 29.2. The molecule has 27 nitrogen and oxygen atoms in total. The largest absolute Gasteiger partial charge is 0.487 e. The number of aliphatic hydroxyl groups is 6. The maximum absolute atomic E-state index is 13.4. The highest BCUT2D eigenvalue weighted by Crippen LogP contribution is 2.35. The van der Waals surface area contributed by atoms with E-state index in [1.54, 1.807) is 54.0 Å². The van der Waals surface area contributed by atoms with Gasteiger partial charge in [0.1, 0.15) is 85.2 Å². The van der Waals surface area contributed by atoms with E-state index in [0.717, 1.165) is 5.56 Å². The number of aromatic nitrogens is 4. The molecule has 4 aliphatic rings. The number of ether oxygens (including phenoxy) is 7. The molecule has 394 valence electrons. The molecule has 2 amide bonds. The van der Waals surface area contributed by atoms with Crippen LogP contribution in [-0.4, -0.2) is 192 Å². The summed E-state index contributed by atoms with van der Waals surface area (Å²) in [7, 11) is 0. The summed E-state index contributed by atoms with van der Waals surface area (Å²) in [5.74, 6) is -0.293. The van der Waals surface area contributed by atoms with Crippen molar-refractivity contribution in [3.8, 4) is 17.0 Å². The van der Waals surface area contributed by atoms with E-state index in [0.29, 0.717) is 33.5 Å². The van der Waals surface area contributed by atoms with Crippen LogP contribution < -0.4 is 49.8 Å². The molecule has 2 aromatic heterocycles. The average Bonchev–Trinajstić information content (AvgIpc) is 4.10. The van der Waals surface area contributed by atoms with Crippen LogP contribution in [0.1, 0.15) is 29.4 Å². The Morgan fingerprint density at radius 1 is 0.750 bits per heavy atom. The van der Waals surface area contributed by atoms with Gasteiger partial charge in [0.25, 0.3) is 5.91 Å². The van der Waals surface area contributed by atoms with Gasteiger partial charge >= 0.3 is 0 Å².